The van der Waals surface area contributed by atoms with Crippen LogP contribution in [0.1, 0.15) is 39.0 Å². The van der Waals surface area contributed by atoms with Gasteiger partial charge < -0.3 is 5.73 Å². The zero-order chi connectivity index (χ0) is 11.3. The molecule has 2 aliphatic carbocycles. The van der Waals surface area contributed by atoms with E-state index in [1.165, 1.54) is 0 Å². The summed E-state index contributed by atoms with van der Waals surface area (Å²) in [6.45, 7) is 1.66. The minimum absolute atomic E-state index is 0.347. The van der Waals surface area contributed by atoms with Crippen LogP contribution in [0, 0.1) is 17.8 Å². The maximum Gasteiger partial charge on any atom is 0.406 e. The summed E-state index contributed by atoms with van der Waals surface area (Å²) < 4.78 is 39.1. The third-order valence-corrected chi connectivity index (χ3v) is 4.45. The Balaban J connectivity index is 2.29. The van der Waals surface area contributed by atoms with Crippen molar-refractivity contribution < 1.29 is 13.2 Å². The second-order valence-electron chi connectivity index (χ2n) is 5.30. The van der Waals surface area contributed by atoms with Crippen molar-refractivity contribution in [2.75, 3.05) is 0 Å². The van der Waals surface area contributed by atoms with E-state index < -0.39 is 17.6 Å². The van der Waals surface area contributed by atoms with Crippen molar-refractivity contribution in [3.05, 3.63) is 0 Å². The normalized spacial score (nSPS) is 46.6. The number of rotatable bonds is 0. The van der Waals surface area contributed by atoms with E-state index in [1.54, 1.807) is 6.92 Å². The molecule has 2 fully saturated rings. The van der Waals surface area contributed by atoms with Crippen LogP contribution in [0.25, 0.3) is 0 Å². The molecule has 2 aliphatic rings. The molecule has 0 spiro atoms. The average molecular weight is 221 g/mol. The molecule has 2 bridgehead atoms. The number of fused-ring (bicyclic) bond motifs is 2. The van der Waals surface area contributed by atoms with Crippen molar-refractivity contribution >= 4 is 0 Å². The summed E-state index contributed by atoms with van der Waals surface area (Å²) >= 11 is 0. The lowest BCUT2D eigenvalue weighted by molar-refractivity contribution is -0.231. The van der Waals surface area contributed by atoms with Gasteiger partial charge in [0.1, 0.15) is 5.54 Å². The van der Waals surface area contributed by atoms with Crippen LogP contribution in [-0.2, 0) is 0 Å². The predicted octanol–water partition coefficient (Wildman–Crippen LogP) is 3.09. The van der Waals surface area contributed by atoms with E-state index in [4.69, 9.17) is 5.73 Å². The molecular formula is C11H18F3N. The Kier molecular flexibility index (Phi) is 2.53. The van der Waals surface area contributed by atoms with Crippen molar-refractivity contribution in [1.82, 2.24) is 0 Å². The van der Waals surface area contributed by atoms with E-state index in [0.29, 0.717) is 25.2 Å². The van der Waals surface area contributed by atoms with Crippen LogP contribution in [0.4, 0.5) is 13.2 Å². The number of hydrogen-bond acceptors (Lipinski definition) is 1. The lowest BCUT2D eigenvalue weighted by Crippen LogP contribution is -2.66. The van der Waals surface area contributed by atoms with E-state index in [1.807, 2.05) is 0 Å². The number of hydrogen-bond donors (Lipinski definition) is 1. The molecule has 0 aromatic heterocycles. The molecule has 1 nitrogen and oxygen atoms in total. The van der Waals surface area contributed by atoms with Gasteiger partial charge in [-0.2, -0.15) is 13.2 Å². The molecule has 0 heterocycles. The van der Waals surface area contributed by atoms with Crippen molar-refractivity contribution in [2.24, 2.45) is 23.5 Å². The van der Waals surface area contributed by atoms with E-state index in [0.717, 1.165) is 12.8 Å². The van der Waals surface area contributed by atoms with Gasteiger partial charge in [0.2, 0.25) is 0 Å². The van der Waals surface area contributed by atoms with Crippen LogP contribution < -0.4 is 5.73 Å². The fourth-order valence-corrected chi connectivity index (χ4v) is 3.55. The third-order valence-electron chi connectivity index (χ3n) is 4.45. The van der Waals surface area contributed by atoms with Gasteiger partial charge in [0, 0.05) is 0 Å². The van der Waals surface area contributed by atoms with Gasteiger partial charge in [-0.05, 0) is 37.0 Å². The summed E-state index contributed by atoms with van der Waals surface area (Å²) in [5.41, 5.74) is 3.78. The Morgan fingerprint density at radius 2 is 1.87 bits per heavy atom. The molecule has 15 heavy (non-hydrogen) atoms. The van der Waals surface area contributed by atoms with E-state index >= 15 is 0 Å². The lowest BCUT2D eigenvalue weighted by atomic mass is 9.58. The molecule has 0 aromatic rings. The molecule has 2 saturated carbocycles. The zero-order valence-electron chi connectivity index (χ0n) is 8.98. The Labute approximate surface area is 88.2 Å². The number of halogens is 3. The van der Waals surface area contributed by atoms with Crippen LogP contribution in [0.5, 0.6) is 0 Å². The molecule has 4 unspecified atom stereocenters. The highest BCUT2D eigenvalue weighted by molar-refractivity contribution is 5.06. The highest BCUT2D eigenvalue weighted by Crippen LogP contribution is 2.53. The van der Waals surface area contributed by atoms with Crippen LogP contribution in [0.15, 0.2) is 0 Å². The monoisotopic (exact) mass is 221 g/mol. The molecule has 0 saturated heterocycles. The predicted molar refractivity (Wildman–Crippen MR) is 52.2 cm³/mol. The summed E-state index contributed by atoms with van der Waals surface area (Å²) in [7, 11) is 0. The molecule has 2 N–H and O–H groups in total. The van der Waals surface area contributed by atoms with E-state index in [2.05, 4.69) is 0 Å². The summed E-state index contributed by atoms with van der Waals surface area (Å²) in [6.07, 6.45) is -0.269. The molecule has 4 heteroatoms. The number of alkyl halides is 3. The topological polar surface area (TPSA) is 26.0 Å². The SMILES string of the molecule is CC1CC2CCCC(C2)C1(N)C(F)(F)F. The van der Waals surface area contributed by atoms with Crippen LogP contribution in [0.2, 0.25) is 0 Å². The fraction of sp³-hybridized carbons (Fsp3) is 1.00. The first-order valence-corrected chi connectivity index (χ1v) is 5.71. The largest absolute Gasteiger partial charge is 0.406 e. The van der Waals surface area contributed by atoms with E-state index in [-0.39, 0.29) is 5.92 Å². The van der Waals surface area contributed by atoms with Gasteiger partial charge in [-0.3, -0.25) is 0 Å². The summed E-state index contributed by atoms with van der Waals surface area (Å²) in [4.78, 5) is 0. The first-order chi connectivity index (χ1) is 6.85. The van der Waals surface area contributed by atoms with Crippen LogP contribution in [0.3, 0.4) is 0 Å². The van der Waals surface area contributed by atoms with Gasteiger partial charge in [0.25, 0.3) is 0 Å². The summed E-state index contributed by atoms with van der Waals surface area (Å²) in [5.74, 6) is -0.292. The van der Waals surface area contributed by atoms with Gasteiger partial charge in [0.15, 0.2) is 0 Å². The Hall–Kier alpha value is -0.250. The molecule has 0 aromatic carbocycles. The molecule has 4 atom stereocenters. The summed E-state index contributed by atoms with van der Waals surface area (Å²) in [5, 5.41) is 0. The second-order valence-corrected chi connectivity index (χ2v) is 5.30. The second kappa shape index (κ2) is 3.37. The van der Waals surface area contributed by atoms with Crippen molar-refractivity contribution in [2.45, 2.75) is 50.7 Å². The maximum atomic E-state index is 13.0. The molecule has 0 radical (unpaired) electrons. The van der Waals surface area contributed by atoms with Crippen molar-refractivity contribution in [3.63, 3.8) is 0 Å². The molecule has 0 aliphatic heterocycles. The molecule has 0 amide bonds. The van der Waals surface area contributed by atoms with Crippen molar-refractivity contribution in [1.29, 1.82) is 0 Å². The fourth-order valence-electron chi connectivity index (χ4n) is 3.55. The average Bonchev–Trinajstić information content (AvgIpc) is 2.13. The van der Waals surface area contributed by atoms with E-state index in [9.17, 15) is 13.2 Å². The minimum atomic E-state index is -4.25. The Morgan fingerprint density at radius 1 is 1.20 bits per heavy atom. The van der Waals surface area contributed by atoms with Crippen LogP contribution >= 0.6 is 0 Å². The molecule has 88 valence electrons. The minimum Gasteiger partial charge on any atom is -0.317 e. The smallest absolute Gasteiger partial charge is 0.317 e. The van der Waals surface area contributed by atoms with Gasteiger partial charge in [-0.1, -0.05) is 19.8 Å². The molecular weight excluding hydrogens is 203 g/mol. The first-order valence-electron chi connectivity index (χ1n) is 5.71. The van der Waals surface area contributed by atoms with Crippen LogP contribution in [-0.4, -0.2) is 11.7 Å². The van der Waals surface area contributed by atoms with Gasteiger partial charge in [0.05, 0.1) is 0 Å². The quantitative estimate of drug-likeness (QED) is 0.668. The number of nitrogens with two attached hydrogens (primary N) is 1. The maximum absolute atomic E-state index is 13.0. The lowest BCUT2D eigenvalue weighted by Gasteiger charge is -2.51. The summed E-state index contributed by atoms with van der Waals surface area (Å²) in [6, 6.07) is 0. The Morgan fingerprint density at radius 3 is 2.47 bits per heavy atom. The zero-order valence-corrected chi connectivity index (χ0v) is 8.98. The molecule has 2 rings (SSSR count). The highest BCUT2D eigenvalue weighted by Gasteiger charge is 2.62. The first kappa shape index (κ1) is 11.2. The standard InChI is InChI=1S/C11H18F3N/c1-7-5-8-3-2-4-9(6-8)10(7,15)11(12,13)14/h7-9H,2-6,15H2,1H3. The Bertz CT molecular complexity index is 249. The van der Waals surface area contributed by atoms with Crippen molar-refractivity contribution in [3.8, 4) is 0 Å². The van der Waals surface area contributed by atoms with Gasteiger partial charge >= 0.3 is 6.18 Å². The third kappa shape index (κ3) is 1.57. The van der Waals surface area contributed by atoms with Gasteiger partial charge in [-0.15, -0.1) is 0 Å². The highest BCUT2D eigenvalue weighted by atomic mass is 19.4. The van der Waals surface area contributed by atoms with Gasteiger partial charge in [-0.25, -0.2) is 0 Å².